The lowest BCUT2D eigenvalue weighted by molar-refractivity contribution is -0.142. The van der Waals surface area contributed by atoms with Crippen LogP contribution >= 0.6 is 0 Å². The van der Waals surface area contributed by atoms with E-state index in [-0.39, 0.29) is 11.6 Å². The molecule has 2 fully saturated rings. The maximum Gasteiger partial charge on any atom is 0.433 e. The molecule has 0 spiro atoms. The number of benzene rings is 1. The predicted molar refractivity (Wildman–Crippen MR) is 84.3 cm³/mol. The maximum absolute atomic E-state index is 13.1. The highest BCUT2D eigenvalue weighted by atomic mass is 19.4. The second kappa shape index (κ2) is 5.87. The molecule has 2 aliphatic rings. The van der Waals surface area contributed by atoms with E-state index in [2.05, 4.69) is 10.4 Å². The zero-order valence-corrected chi connectivity index (χ0v) is 13.3. The van der Waals surface area contributed by atoms with Gasteiger partial charge in [-0.15, -0.1) is 0 Å². The van der Waals surface area contributed by atoms with Crippen molar-refractivity contribution >= 4 is 5.91 Å². The van der Waals surface area contributed by atoms with Gasteiger partial charge < -0.3 is 10.2 Å². The zero-order chi connectivity index (χ0) is 17.6. The molecule has 5 nitrogen and oxygen atoms in total. The first kappa shape index (κ1) is 16.1. The van der Waals surface area contributed by atoms with Gasteiger partial charge in [-0.2, -0.15) is 18.3 Å². The molecule has 0 radical (unpaired) electrons. The van der Waals surface area contributed by atoms with E-state index >= 15 is 0 Å². The number of amides is 1. The van der Waals surface area contributed by atoms with Crippen LogP contribution in [-0.4, -0.2) is 46.8 Å². The minimum Gasteiger partial charge on any atom is -0.338 e. The Morgan fingerprint density at radius 2 is 1.88 bits per heavy atom. The fourth-order valence-electron chi connectivity index (χ4n) is 3.70. The molecule has 0 unspecified atom stereocenters. The predicted octanol–water partition coefficient (Wildman–Crippen LogP) is 2.18. The lowest BCUT2D eigenvalue weighted by atomic mass is 10.0. The van der Waals surface area contributed by atoms with Crippen molar-refractivity contribution in [2.45, 2.75) is 6.18 Å². The number of nitrogens with zero attached hydrogens (tertiary/aromatic N) is 3. The molecule has 2 atom stereocenters. The molecule has 1 aromatic heterocycles. The Labute approximate surface area is 142 Å². The van der Waals surface area contributed by atoms with Crippen molar-refractivity contribution in [3.8, 4) is 5.69 Å². The van der Waals surface area contributed by atoms with Crippen molar-refractivity contribution in [2.75, 3.05) is 26.2 Å². The van der Waals surface area contributed by atoms with Crippen molar-refractivity contribution in [3.05, 3.63) is 47.8 Å². The van der Waals surface area contributed by atoms with Gasteiger partial charge in [0.25, 0.3) is 5.91 Å². The van der Waals surface area contributed by atoms with Gasteiger partial charge in [0.15, 0.2) is 0 Å². The van der Waals surface area contributed by atoms with E-state index in [1.165, 1.54) is 12.1 Å². The van der Waals surface area contributed by atoms with Gasteiger partial charge in [0.1, 0.15) is 5.69 Å². The van der Waals surface area contributed by atoms with E-state index < -0.39 is 11.9 Å². The molecule has 0 aliphatic carbocycles. The van der Waals surface area contributed by atoms with Gasteiger partial charge in [0.05, 0.1) is 11.9 Å². The zero-order valence-electron chi connectivity index (χ0n) is 13.3. The number of rotatable bonds is 2. The molecule has 1 aromatic carbocycles. The van der Waals surface area contributed by atoms with Gasteiger partial charge in [-0.25, -0.2) is 4.68 Å². The largest absolute Gasteiger partial charge is 0.433 e. The summed E-state index contributed by atoms with van der Waals surface area (Å²) < 4.78 is 40.0. The van der Waals surface area contributed by atoms with Crippen LogP contribution in [0, 0.1) is 11.8 Å². The third-order valence-electron chi connectivity index (χ3n) is 4.95. The Hall–Kier alpha value is -2.35. The molecule has 8 heteroatoms. The molecular weight excluding hydrogens is 333 g/mol. The smallest absolute Gasteiger partial charge is 0.338 e. The van der Waals surface area contributed by atoms with Gasteiger partial charge >= 0.3 is 6.18 Å². The molecule has 2 saturated heterocycles. The van der Waals surface area contributed by atoms with E-state index in [0.717, 1.165) is 30.0 Å². The van der Waals surface area contributed by atoms with Crippen molar-refractivity contribution in [1.82, 2.24) is 20.0 Å². The van der Waals surface area contributed by atoms with Crippen LogP contribution in [0.15, 0.2) is 36.5 Å². The van der Waals surface area contributed by atoms with E-state index in [0.29, 0.717) is 30.5 Å². The molecule has 25 heavy (non-hydrogen) atoms. The summed E-state index contributed by atoms with van der Waals surface area (Å²) in [4.78, 5) is 14.5. The van der Waals surface area contributed by atoms with Crippen LogP contribution < -0.4 is 5.32 Å². The van der Waals surface area contributed by atoms with Gasteiger partial charge in [-0.1, -0.05) is 6.07 Å². The summed E-state index contributed by atoms with van der Waals surface area (Å²) in [5, 5.41) is 7.08. The van der Waals surface area contributed by atoms with E-state index in [1.807, 2.05) is 0 Å². The number of fused-ring (bicyclic) bond motifs is 1. The van der Waals surface area contributed by atoms with Gasteiger partial charge in [-0.3, -0.25) is 4.79 Å². The van der Waals surface area contributed by atoms with Crippen LogP contribution in [0.3, 0.4) is 0 Å². The van der Waals surface area contributed by atoms with Crippen LogP contribution in [0.25, 0.3) is 5.69 Å². The number of carbonyl (C=O) groups is 1. The summed E-state index contributed by atoms with van der Waals surface area (Å²) in [6.07, 6.45) is -3.40. The van der Waals surface area contributed by atoms with E-state index in [4.69, 9.17) is 0 Å². The molecule has 1 N–H and O–H groups in total. The Morgan fingerprint density at radius 3 is 2.56 bits per heavy atom. The Kier molecular flexibility index (Phi) is 3.79. The third-order valence-corrected chi connectivity index (χ3v) is 4.95. The maximum atomic E-state index is 13.1. The van der Waals surface area contributed by atoms with Crippen molar-refractivity contribution in [2.24, 2.45) is 11.8 Å². The van der Waals surface area contributed by atoms with Gasteiger partial charge in [0.2, 0.25) is 0 Å². The minimum atomic E-state index is -4.50. The normalized spacial score (nSPS) is 23.1. The second-order valence-electron chi connectivity index (χ2n) is 6.56. The summed E-state index contributed by atoms with van der Waals surface area (Å²) in [6, 6.07) is 7.12. The number of alkyl halides is 3. The Morgan fingerprint density at radius 1 is 1.16 bits per heavy atom. The number of hydrogen-bond donors (Lipinski definition) is 1. The highest BCUT2D eigenvalue weighted by molar-refractivity contribution is 5.95. The molecule has 0 saturated carbocycles. The lowest BCUT2D eigenvalue weighted by Gasteiger charge is -2.18. The molecule has 3 heterocycles. The standard InChI is InChI=1S/C17H17F3N4O/c18-17(19,20)15-4-5-22-24(15)14-3-1-2-11(6-14)16(25)23-9-12-7-21-8-13(12)10-23/h1-6,12-13,21H,7-10H2/t12-,13+. The summed E-state index contributed by atoms with van der Waals surface area (Å²) in [6.45, 7) is 3.21. The fraction of sp³-hybridized carbons (Fsp3) is 0.412. The minimum absolute atomic E-state index is 0.142. The van der Waals surface area contributed by atoms with Crippen LogP contribution in [-0.2, 0) is 6.18 Å². The number of carbonyl (C=O) groups excluding carboxylic acids is 1. The number of hydrogen-bond acceptors (Lipinski definition) is 3. The number of nitrogens with one attached hydrogen (secondary N) is 1. The first-order chi connectivity index (χ1) is 11.9. The van der Waals surface area contributed by atoms with Crippen molar-refractivity contribution < 1.29 is 18.0 Å². The summed E-state index contributed by atoms with van der Waals surface area (Å²) in [5.74, 6) is 0.794. The average Bonchev–Trinajstić information content (AvgIpc) is 3.28. The number of halogens is 3. The molecule has 132 valence electrons. The van der Waals surface area contributed by atoms with Crippen LogP contribution in [0.1, 0.15) is 16.1 Å². The Balaban J connectivity index is 1.60. The molecule has 2 aromatic rings. The number of likely N-dealkylation sites (tertiary alicyclic amines) is 1. The second-order valence-corrected chi connectivity index (χ2v) is 6.56. The third kappa shape index (κ3) is 2.90. The monoisotopic (exact) mass is 350 g/mol. The summed E-state index contributed by atoms with van der Waals surface area (Å²) in [5.41, 5.74) is -0.253. The van der Waals surface area contributed by atoms with Gasteiger partial charge in [-0.05, 0) is 36.1 Å². The van der Waals surface area contributed by atoms with E-state index in [9.17, 15) is 18.0 Å². The van der Waals surface area contributed by atoms with E-state index in [1.54, 1.807) is 17.0 Å². The molecule has 2 aliphatic heterocycles. The quantitative estimate of drug-likeness (QED) is 0.903. The summed E-state index contributed by atoms with van der Waals surface area (Å²) in [7, 11) is 0. The molecule has 1 amide bonds. The highest BCUT2D eigenvalue weighted by Gasteiger charge is 2.38. The SMILES string of the molecule is O=C(c1cccc(-n2nccc2C(F)(F)F)c1)N1C[C@H]2CNC[C@H]2C1. The first-order valence-electron chi connectivity index (χ1n) is 8.15. The molecule has 0 bridgehead atoms. The van der Waals surface area contributed by atoms with Crippen LogP contribution in [0.2, 0.25) is 0 Å². The van der Waals surface area contributed by atoms with Crippen molar-refractivity contribution in [1.29, 1.82) is 0 Å². The highest BCUT2D eigenvalue weighted by Crippen LogP contribution is 2.31. The summed E-state index contributed by atoms with van der Waals surface area (Å²) >= 11 is 0. The number of aromatic nitrogens is 2. The topological polar surface area (TPSA) is 50.2 Å². The Bertz CT molecular complexity index is 789. The average molecular weight is 350 g/mol. The van der Waals surface area contributed by atoms with Gasteiger partial charge in [0, 0.05) is 31.7 Å². The van der Waals surface area contributed by atoms with Crippen LogP contribution in [0.4, 0.5) is 13.2 Å². The molecule has 4 rings (SSSR count). The van der Waals surface area contributed by atoms with Crippen LogP contribution in [0.5, 0.6) is 0 Å². The van der Waals surface area contributed by atoms with Crippen molar-refractivity contribution in [3.63, 3.8) is 0 Å². The molecular formula is C17H17F3N4O. The lowest BCUT2D eigenvalue weighted by Crippen LogP contribution is -2.31. The first-order valence-corrected chi connectivity index (χ1v) is 8.15. The fourth-order valence-corrected chi connectivity index (χ4v) is 3.70.